The van der Waals surface area contributed by atoms with Gasteiger partial charge >= 0.3 is 5.97 Å². The van der Waals surface area contributed by atoms with E-state index < -0.39 is 118 Å². The average Bonchev–Trinajstić information content (AvgIpc) is 3.75. The van der Waals surface area contributed by atoms with Gasteiger partial charge in [0.25, 0.3) is 0 Å². The van der Waals surface area contributed by atoms with Gasteiger partial charge in [0.05, 0.1) is 52.1 Å². The molecule has 0 amide bonds. The van der Waals surface area contributed by atoms with E-state index in [4.69, 9.17) is 28.4 Å². The van der Waals surface area contributed by atoms with Crippen LogP contribution in [0.15, 0.2) is 35.4 Å². The van der Waals surface area contributed by atoms with E-state index in [1.165, 1.54) is 43.0 Å². The van der Waals surface area contributed by atoms with Crippen molar-refractivity contribution in [3.05, 3.63) is 41.7 Å². The van der Waals surface area contributed by atoms with Crippen LogP contribution in [0.4, 0.5) is 0 Å². The molecule has 0 aliphatic carbocycles. The third kappa shape index (κ3) is 14.0. The van der Waals surface area contributed by atoms with Gasteiger partial charge in [-0.3, -0.25) is 9.59 Å². The molecular formula is C50H83N5O15S. The van der Waals surface area contributed by atoms with Gasteiger partial charge in [-0.25, -0.2) is 13.1 Å². The second-order valence-corrected chi connectivity index (χ2v) is 23.6. The van der Waals surface area contributed by atoms with Crippen molar-refractivity contribution in [2.45, 2.75) is 203 Å². The Balaban J connectivity index is 1.42. The first-order valence-corrected chi connectivity index (χ1v) is 26.8. The highest BCUT2D eigenvalue weighted by atomic mass is 32.2. The van der Waals surface area contributed by atoms with Gasteiger partial charge in [-0.1, -0.05) is 38.1 Å². The molecule has 0 unspecified atom stereocenters. The Morgan fingerprint density at radius 2 is 1.62 bits per heavy atom. The molecular weight excluding hydrogens is 943 g/mol. The number of methoxy groups -OCH3 is 1. The summed E-state index contributed by atoms with van der Waals surface area (Å²) in [4.78, 5) is 31.5. The summed E-state index contributed by atoms with van der Waals surface area (Å²) in [6.07, 6.45) is -6.34. The molecule has 5 N–H and O–H groups in total. The second-order valence-electron chi connectivity index (χ2n) is 21.6. The number of ether oxygens (including phenoxy) is 6. The molecule has 71 heavy (non-hydrogen) atoms. The van der Waals surface area contributed by atoms with Crippen molar-refractivity contribution in [2.75, 3.05) is 40.6 Å². The second kappa shape index (κ2) is 23.7. The summed E-state index contributed by atoms with van der Waals surface area (Å²) >= 11 is 0. The van der Waals surface area contributed by atoms with Crippen molar-refractivity contribution >= 4 is 21.6 Å². The molecule has 0 bridgehead atoms. The molecule has 0 spiro atoms. The first kappa shape index (κ1) is 58.9. The van der Waals surface area contributed by atoms with Crippen LogP contribution in [0.25, 0.3) is 0 Å². The Morgan fingerprint density at radius 1 is 0.972 bits per heavy atom. The molecule has 2 aromatic rings. The van der Waals surface area contributed by atoms with Crippen LogP contribution in [0.5, 0.6) is 0 Å². The Labute approximate surface area is 420 Å². The highest BCUT2D eigenvalue weighted by molar-refractivity contribution is 7.90. The molecule has 18 atom stereocenters. The van der Waals surface area contributed by atoms with E-state index in [-0.39, 0.29) is 42.4 Å². The number of Topliss-reactive ketones (excluding diaryl/α,β-unsaturated/α-hetero) is 1. The number of sulfone groups is 1. The van der Waals surface area contributed by atoms with E-state index in [9.17, 15) is 43.5 Å². The number of esters is 1. The Kier molecular flexibility index (Phi) is 19.6. The van der Waals surface area contributed by atoms with E-state index in [0.717, 1.165) is 6.26 Å². The maximum absolute atomic E-state index is 14.5. The van der Waals surface area contributed by atoms with Gasteiger partial charge in [0.1, 0.15) is 36.6 Å². The maximum atomic E-state index is 14.5. The first-order chi connectivity index (χ1) is 32.9. The standard InChI is InChI=1S/C50H83N5O15S/c1-15-39-50(10,62)43(58)32(6)54(12)25-28(2)23-48(8,61)45(30(4)42(31(5)46(60)68-39)69-40-24-49(9,65-13)44(59)33(7)67-40)70-47-41(57)37(22-29(3)66-47)53(11)21-20-35-26-55(52-51-35)27-38(56)34-16-18-36(19-17-34)71(14,63)64/h16-19,26,28-33,37,39-45,47,57-59,61-62H,15,20-25,27H2,1-14H3/t28-,29-,30+,31-,32-,33+,37+,39-,40+,41-,42+,43-,44+,45-,47+,48-,49-,50-/m1/s1. The van der Waals surface area contributed by atoms with Crippen LogP contribution in [0.2, 0.25) is 0 Å². The van der Waals surface area contributed by atoms with Crippen molar-refractivity contribution in [1.29, 1.82) is 0 Å². The Morgan fingerprint density at radius 3 is 2.23 bits per heavy atom. The summed E-state index contributed by atoms with van der Waals surface area (Å²) in [5.74, 6) is -3.16. The molecule has 1 aromatic carbocycles. The van der Waals surface area contributed by atoms with Gasteiger partial charge in [-0.15, -0.1) is 5.10 Å². The highest BCUT2D eigenvalue weighted by Crippen LogP contribution is 2.40. The zero-order chi connectivity index (χ0) is 53.1. The highest BCUT2D eigenvalue weighted by Gasteiger charge is 2.53. The molecule has 0 saturated carbocycles. The summed E-state index contributed by atoms with van der Waals surface area (Å²) in [6, 6.07) is 4.64. The van der Waals surface area contributed by atoms with Crippen LogP contribution in [-0.4, -0.2) is 201 Å². The Bertz CT molecular complexity index is 2180. The Hall–Kier alpha value is -3.03. The molecule has 404 valence electrons. The monoisotopic (exact) mass is 1030 g/mol. The lowest BCUT2D eigenvalue weighted by Crippen LogP contribution is -2.61. The van der Waals surface area contributed by atoms with E-state index in [2.05, 4.69) is 10.3 Å². The molecule has 5 rings (SSSR count). The van der Waals surface area contributed by atoms with Crippen LogP contribution in [0, 0.1) is 17.8 Å². The molecule has 0 radical (unpaired) electrons. The van der Waals surface area contributed by atoms with E-state index in [1.807, 2.05) is 37.7 Å². The van der Waals surface area contributed by atoms with Gasteiger partial charge in [0, 0.05) is 69.1 Å². The number of cyclic esters (lactones) is 1. The van der Waals surface area contributed by atoms with Crippen LogP contribution in [0.1, 0.15) is 111 Å². The minimum atomic E-state index is -3.41. The minimum Gasteiger partial charge on any atom is -0.459 e. The smallest absolute Gasteiger partial charge is 0.311 e. The van der Waals surface area contributed by atoms with Crippen molar-refractivity contribution in [1.82, 2.24) is 24.8 Å². The van der Waals surface area contributed by atoms with Crippen LogP contribution >= 0.6 is 0 Å². The fourth-order valence-electron chi connectivity index (χ4n) is 10.8. The van der Waals surface area contributed by atoms with Crippen LogP contribution in [-0.2, 0) is 56.0 Å². The number of nitrogens with zero attached hydrogens (tertiary/aromatic N) is 5. The fraction of sp³-hybridized carbons (Fsp3) is 0.800. The number of likely N-dealkylation sites (N-methyl/N-ethyl adjacent to an activating group) is 2. The number of aliphatic hydroxyl groups excluding tert-OH is 3. The lowest BCUT2D eigenvalue weighted by atomic mass is 9.77. The van der Waals surface area contributed by atoms with Crippen molar-refractivity contribution < 1.29 is 72.0 Å². The number of carbonyl (C=O) groups is 2. The van der Waals surface area contributed by atoms with E-state index in [1.54, 1.807) is 54.7 Å². The molecule has 4 heterocycles. The first-order valence-electron chi connectivity index (χ1n) is 24.9. The van der Waals surface area contributed by atoms with Gasteiger partial charge in [0.15, 0.2) is 28.2 Å². The topological polar surface area (TPSA) is 262 Å². The van der Waals surface area contributed by atoms with Gasteiger partial charge < -0.3 is 63.8 Å². The number of ketones is 1. The van der Waals surface area contributed by atoms with Crippen molar-refractivity contribution in [2.24, 2.45) is 17.8 Å². The largest absolute Gasteiger partial charge is 0.459 e. The predicted molar refractivity (Wildman–Crippen MR) is 261 cm³/mol. The molecule has 3 aliphatic heterocycles. The summed E-state index contributed by atoms with van der Waals surface area (Å²) in [5.41, 5.74) is -3.66. The minimum absolute atomic E-state index is 0.0788. The number of benzene rings is 1. The quantitative estimate of drug-likeness (QED) is 0.134. The molecule has 21 heteroatoms. The molecule has 20 nitrogen and oxygen atoms in total. The van der Waals surface area contributed by atoms with Crippen molar-refractivity contribution in [3.8, 4) is 0 Å². The number of aromatic nitrogens is 3. The van der Waals surface area contributed by atoms with E-state index >= 15 is 0 Å². The number of carbonyl (C=O) groups excluding carboxylic acids is 2. The molecule has 3 fully saturated rings. The van der Waals surface area contributed by atoms with E-state index in [0.29, 0.717) is 37.2 Å². The third-order valence-corrected chi connectivity index (χ3v) is 16.5. The molecule has 3 aliphatic rings. The van der Waals surface area contributed by atoms with Gasteiger partial charge in [0.2, 0.25) is 0 Å². The third-order valence-electron chi connectivity index (χ3n) is 15.3. The maximum Gasteiger partial charge on any atom is 0.311 e. The van der Waals surface area contributed by atoms with Gasteiger partial charge in [-0.05, 0) is 99.9 Å². The summed E-state index contributed by atoms with van der Waals surface area (Å²) < 4.78 is 63.3. The lowest BCUT2D eigenvalue weighted by molar-refractivity contribution is -0.318. The van der Waals surface area contributed by atoms with Gasteiger partial charge in [-0.2, -0.15) is 0 Å². The number of hydrogen-bond acceptors (Lipinski definition) is 19. The number of rotatable bonds is 14. The SMILES string of the molecule is CC[C@H]1OC(=O)[C@H](C)[C@@H](O[C@H]2C[C@@](C)(OC)[C@@H](O)[C@H](C)O2)[C@H](C)[C@@H](O[C@@H]2O[C@H](C)C[C@H](N(C)CCc3cn(CC(=O)c4ccc(S(C)(=O)=O)cc4)nn3)[C@H]2O)[C@](C)(O)C[C@@H](C)CN(C)[C@H](C)[C@@H](O)[C@]1(C)O. The number of hydrogen-bond donors (Lipinski definition) is 5. The van der Waals surface area contributed by atoms with Crippen LogP contribution in [0.3, 0.4) is 0 Å². The average molecular weight is 1030 g/mol. The zero-order valence-electron chi connectivity index (χ0n) is 44.2. The summed E-state index contributed by atoms with van der Waals surface area (Å²) in [6.45, 7) is 18.0. The summed E-state index contributed by atoms with van der Waals surface area (Å²) in [5, 5.41) is 68.0. The summed E-state index contributed by atoms with van der Waals surface area (Å²) in [7, 11) is 1.76. The zero-order valence-corrected chi connectivity index (χ0v) is 45.0. The number of aliphatic hydroxyl groups is 5. The molecule has 3 saturated heterocycles. The molecule has 1 aromatic heterocycles. The lowest BCUT2D eigenvalue weighted by Gasteiger charge is -2.49. The normalized spacial score (nSPS) is 39.7. The van der Waals surface area contributed by atoms with Crippen molar-refractivity contribution in [3.63, 3.8) is 0 Å². The van der Waals surface area contributed by atoms with Crippen LogP contribution < -0.4 is 0 Å². The predicted octanol–water partition coefficient (Wildman–Crippen LogP) is 2.39. The fourth-order valence-corrected chi connectivity index (χ4v) is 11.4.